The zero-order valence-electron chi connectivity index (χ0n) is 15.8. The van der Waals surface area contributed by atoms with Crippen LogP contribution in [0.1, 0.15) is 47.7 Å². The Balaban J connectivity index is 1.64. The minimum Gasteiger partial charge on any atom is -0.489 e. The Bertz CT molecular complexity index is 872. The van der Waals surface area contributed by atoms with E-state index < -0.39 is 0 Å². The first-order chi connectivity index (χ1) is 13.2. The number of anilines is 1. The summed E-state index contributed by atoms with van der Waals surface area (Å²) in [6.45, 7) is 4.83. The number of carbonyl (C=O) groups excluding carboxylic acids is 1. The Labute approximate surface area is 161 Å². The monoisotopic (exact) mass is 359 g/mol. The van der Waals surface area contributed by atoms with E-state index in [1.807, 2.05) is 60.7 Å². The topological polar surface area (TPSA) is 38.3 Å². The molecule has 3 nitrogen and oxygen atoms in total. The molecule has 3 rings (SSSR count). The van der Waals surface area contributed by atoms with Crippen LogP contribution in [0.2, 0.25) is 0 Å². The molecule has 0 radical (unpaired) electrons. The second kappa shape index (κ2) is 9.04. The highest BCUT2D eigenvalue weighted by Crippen LogP contribution is 2.27. The summed E-state index contributed by atoms with van der Waals surface area (Å²) < 4.78 is 5.78. The third kappa shape index (κ3) is 4.98. The molecule has 0 aliphatic carbocycles. The van der Waals surface area contributed by atoms with Gasteiger partial charge in [0.25, 0.3) is 5.91 Å². The van der Waals surface area contributed by atoms with Crippen molar-refractivity contribution in [3.05, 3.63) is 95.6 Å². The second-order valence-electron chi connectivity index (χ2n) is 6.65. The molecule has 0 aliphatic heterocycles. The van der Waals surface area contributed by atoms with Crippen molar-refractivity contribution in [1.29, 1.82) is 0 Å². The van der Waals surface area contributed by atoms with Crippen LogP contribution < -0.4 is 10.1 Å². The molecular weight excluding hydrogens is 334 g/mol. The first-order valence-corrected chi connectivity index (χ1v) is 9.34. The summed E-state index contributed by atoms with van der Waals surface area (Å²) in [6.07, 6.45) is 1.03. The minimum absolute atomic E-state index is 0.111. The van der Waals surface area contributed by atoms with Crippen molar-refractivity contribution in [1.82, 2.24) is 0 Å². The molecule has 1 N–H and O–H groups in total. The summed E-state index contributed by atoms with van der Waals surface area (Å²) in [5.41, 5.74) is 3.76. The molecule has 1 amide bonds. The summed E-state index contributed by atoms with van der Waals surface area (Å²) in [5, 5.41) is 3.04. The van der Waals surface area contributed by atoms with Gasteiger partial charge in [0, 0.05) is 11.3 Å². The van der Waals surface area contributed by atoms with Crippen molar-refractivity contribution in [3.63, 3.8) is 0 Å². The Morgan fingerprint density at radius 3 is 2.30 bits per heavy atom. The van der Waals surface area contributed by atoms with Crippen LogP contribution in [0.4, 0.5) is 5.69 Å². The lowest BCUT2D eigenvalue weighted by Crippen LogP contribution is -2.13. The van der Waals surface area contributed by atoms with Gasteiger partial charge < -0.3 is 10.1 Å². The smallest absolute Gasteiger partial charge is 0.255 e. The SMILES string of the molecule is CC[C@@H](C)c1ccccc1NC(=O)c1ccc(OCc2ccccc2)cc1. The third-order valence-corrected chi connectivity index (χ3v) is 4.72. The number of ether oxygens (including phenoxy) is 1. The van der Waals surface area contributed by atoms with Gasteiger partial charge in [-0.15, -0.1) is 0 Å². The number of benzene rings is 3. The molecule has 27 heavy (non-hydrogen) atoms. The first kappa shape index (κ1) is 18.7. The van der Waals surface area contributed by atoms with E-state index in [0.717, 1.165) is 29.0 Å². The number of para-hydroxylation sites is 1. The zero-order chi connectivity index (χ0) is 19.1. The van der Waals surface area contributed by atoms with Crippen LogP contribution >= 0.6 is 0 Å². The largest absolute Gasteiger partial charge is 0.489 e. The Kier molecular flexibility index (Phi) is 6.26. The van der Waals surface area contributed by atoms with Crippen molar-refractivity contribution < 1.29 is 9.53 Å². The fourth-order valence-corrected chi connectivity index (χ4v) is 2.90. The summed E-state index contributed by atoms with van der Waals surface area (Å²) in [6, 6.07) is 25.2. The predicted molar refractivity (Wildman–Crippen MR) is 110 cm³/mol. The highest BCUT2D eigenvalue weighted by atomic mass is 16.5. The van der Waals surface area contributed by atoms with Crippen LogP contribution in [0.25, 0.3) is 0 Å². The third-order valence-electron chi connectivity index (χ3n) is 4.72. The Hall–Kier alpha value is -3.07. The van der Waals surface area contributed by atoms with E-state index >= 15 is 0 Å². The summed E-state index contributed by atoms with van der Waals surface area (Å²) in [4.78, 5) is 12.6. The molecule has 0 saturated carbocycles. The van der Waals surface area contributed by atoms with Crippen LogP contribution in [0.3, 0.4) is 0 Å². The maximum atomic E-state index is 12.6. The molecule has 3 aromatic rings. The van der Waals surface area contributed by atoms with E-state index in [9.17, 15) is 4.79 Å². The van der Waals surface area contributed by atoms with Gasteiger partial charge in [-0.1, -0.05) is 62.4 Å². The van der Waals surface area contributed by atoms with Gasteiger partial charge in [0.1, 0.15) is 12.4 Å². The first-order valence-electron chi connectivity index (χ1n) is 9.34. The quantitative estimate of drug-likeness (QED) is 0.559. The van der Waals surface area contributed by atoms with Gasteiger partial charge in [0.05, 0.1) is 0 Å². The highest BCUT2D eigenvalue weighted by Gasteiger charge is 2.12. The second-order valence-corrected chi connectivity index (χ2v) is 6.65. The maximum absolute atomic E-state index is 12.6. The molecule has 0 heterocycles. The molecule has 0 aliphatic rings. The van der Waals surface area contributed by atoms with Gasteiger partial charge in [-0.05, 0) is 53.8 Å². The highest BCUT2D eigenvalue weighted by molar-refractivity contribution is 6.04. The van der Waals surface area contributed by atoms with E-state index in [1.165, 1.54) is 0 Å². The molecule has 3 aromatic carbocycles. The Morgan fingerprint density at radius 2 is 1.59 bits per heavy atom. The normalized spacial score (nSPS) is 11.6. The van der Waals surface area contributed by atoms with Crippen LogP contribution in [0.5, 0.6) is 5.75 Å². The van der Waals surface area contributed by atoms with Crippen molar-refractivity contribution >= 4 is 11.6 Å². The number of nitrogens with one attached hydrogen (secondary N) is 1. The van der Waals surface area contributed by atoms with Gasteiger partial charge in [-0.3, -0.25) is 4.79 Å². The molecule has 1 atom stereocenters. The summed E-state index contributed by atoms with van der Waals surface area (Å²) >= 11 is 0. The zero-order valence-corrected chi connectivity index (χ0v) is 15.8. The minimum atomic E-state index is -0.111. The lowest BCUT2D eigenvalue weighted by atomic mass is 9.97. The number of rotatable bonds is 7. The van der Waals surface area contributed by atoms with Crippen LogP contribution in [-0.4, -0.2) is 5.91 Å². The molecule has 138 valence electrons. The van der Waals surface area contributed by atoms with Crippen molar-refractivity contribution in [2.75, 3.05) is 5.32 Å². The molecule has 0 aromatic heterocycles. The van der Waals surface area contributed by atoms with Crippen LogP contribution in [0, 0.1) is 0 Å². The lowest BCUT2D eigenvalue weighted by Gasteiger charge is -2.15. The van der Waals surface area contributed by atoms with E-state index in [0.29, 0.717) is 18.1 Å². The van der Waals surface area contributed by atoms with Crippen molar-refractivity contribution in [3.8, 4) is 5.75 Å². The van der Waals surface area contributed by atoms with Gasteiger partial charge in [0.2, 0.25) is 0 Å². The van der Waals surface area contributed by atoms with E-state index in [1.54, 1.807) is 12.1 Å². The van der Waals surface area contributed by atoms with E-state index in [4.69, 9.17) is 4.74 Å². The van der Waals surface area contributed by atoms with Crippen LogP contribution in [-0.2, 0) is 6.61 Å². The summed E-state index contributed by atoms with van der Waals surface area (Å²) in [7, 11) is 0. The molecule has 0 bridgehead atoms. The maximum Gasteiger partial charge on any atom is 0.255 e. The van der Waals surface area contributed by atoms with Crippen molar-refractivity contribution in [2.24, 2.45) is 0 Å². The molecule has 0 spiro atoms. The van der Waals surface area contributed by atoms with Gasteiger partial charge in [-0.2, -0.15) is 0 Å². The van der Waals surface area contributed by atoms with Gasteiger partial charge >= 0.3 is 0 Å². The predicted octanol–water partition coefficient (Wildman–Crippen LogP) is 6.03. The average Bonchev–Trinajstić information content (AvgIpc) is 2.73. The molecule has 0 fully saturated rings. The van der Waals surface area contributed by atoms with E-state index in [2.05, 4.69) is 25.2 Å². The molecule has 3 heteroatoms. The fourth-order valence-electron chi connectivity index (χ4n) is 2.90. The van der Waals surface area contributed by atoms with Gasteiger partial charge in [0.15, 0.2) is 0 Å². The number of amides is 1. The molecular formula is C24H25NO2. The fraction of sp³-hybridized carbons (Fsp3) is 0.208. The molecule has 0 unspecified atom stereocenters. The lowest BCUT2D eigenvalue weighted by molar-refractivity contribution is 0.102. The standard InChI is InChI=1S/C24H25NO2/c1-3-18(2)22-11-7-8-12-23(22)25-24(26)20-13-15-21(16-14-20)27-17-19-9-5-4-6-10-19/h4-16,18H,3,17H2,1-2H3,(H,25,26)/t18-/m1/s1. The molecule has 0 saturated heterocycles. The Morgan fingerprint density at radius 1 is 0.926 bits per heavy atom. The van der Waals surface area contributed by atoms with Crippen LogP contribution in [0.15, 0.2) is 78.9 Å². The summed E-state index contributed by atoms with van der Waals surface area (Å²) in [5.74, 6) is 1.03. The number of hydrogen-bond donors (Lipinski definition) is 1. The van der Waals surface area contributed by atoms with Gasteiger partial charge in [-0.25, -0.2) is 0 Å². The van der Waals surface area contributed by atoms with E-state index in [-0.39, 0.29) is 5.91 Å². The number of hydrogen-bond acceptors (Lipinski definition) is 2. The number of carbonyl (C=O) groups is 1. The van der Waals surface area contributed by atoms with Crippen molar-refractivity contribution in [2.45, 2.75) is 32.8 Å². The average molecular weight is 359 g/mol.